The van der Waals surface area contributed by atoms with E-state index in [9.17, 15) is 4.79 Å². The van der Waals surface area contributed by atoms with Gasteiger partial charge < -0.3 is 4.74 Å². The van der Waals surface area contributed by atoms with Crippen molar-refractivity contribution in [3.63, 3.8) is 0 Å². The maximum atomic E-state index is 10.9. The summed E-state index contributed by atoms with van der Waals surface area (Å²) in [5.74, 6) is 0.618. The summed E-state index contributed by atoms with van der Waals surface area (Å²) in [6.07, 6.45) is 0. The van der Waals surface area contributed by atoms with Crippen molar-refractivity contribution in [2.45, 2.75) is 13.8 Å². The second kappa shape index (κ2) is 6.81. The second-order valence-electron chi connectivity index (χ2n) is 3.15. The zero-order chi connectivity index (χ0) is 13.5. The summed E-state index contributed by atoms with van der Waals surface area (Å²) in [6, 6.07) is 8.28. The van der Waals surface area contributed by atoms with Crippen LogP contribution in [0.5, 0.6) is 5.75 Å². The van der Waals surface area contributed by atoms with E-state index in [0.29, 0.717) is 16.5 Å². The number of rotatable bonds is 2. The summed E-state index contributed by atoms with van der Waals surface area (Å²) in [5, 5.41) is 6.88. The minimum absolute atomic E-state index is 0.239. The van der Waals surface area contributed by atoms with Crippen LogP contribution in [-0.4, -0.2) is 17.3 Å². The van der Waals surface area contributed by atoms with Crippen LogP contribution in [0.3, 0.4) is 0 Å². The largest absolute Gasteiger partial charge is 0.496 e. The predicted molar refractivity (Wildman–Crippen MR) is 73.2 cm³/mol. The van der Waals surface area contributed by atoms with Gasteiger partial charge in [-0.3, -0.25) is 4.79 Å². The van der Waals surface area contributed by atoms with E-state index in [-0.39, 0.29) is 5.56 Å². The fraction of sp³-hybridized carbons (Fsp3) is 0.231. The third-order valence-corrected chi connectivity index (χ3v) is 2.35. The average Bonchev–Trinajstić information content (AvgIpc) is 2.42. The first-order valence-electron chi connectivity index (χ1n) is 5.60. The molecule has 0 bridgehead atoms. The SMILES string of the molecule is CC.COc1cc(Cl)ccc1-c1ccc(=O)[nH]n1. The van der Waals surface area contributed by atoms with E-state index in [1.807, 2.05) is 13.8 Å². The number of halogens is 1. The van der Waals surface area contributed by atoms with E-state index in [1.54, 1.807) is 31.4 Å². The van der Waals surface area contributed by atoms with Crippen molar-refractivity contribution in [3.8, 4) is 17.0 Å². The van der Waals surface area contributed by atoms with Gasteiger partial charge >= 0.3 is 0 Å². The molecule has 4 nitrogen and oxygen atoms in total. The topological polar surface area (TPSA) is 55.0 Å². The summed E-state index contributed by atoms with van der Waals surface area (Å²) < 4.78 is 5.19. The van der Waals surface area contributed by atoms with Gasteiger partial charge in [-0.25, -0.2) is 5.10 Å². The van der Waals surface area contributed by atoms with Crippen LogP contribution >= 0.6 is 11.6 Å². The van der Waals surface area contributed by atoms with E-state index in [0.717, 1.165) is 5.56 Å². The van der Waals surface area contributed by atoms with Gasteiger partial charge in [-0.15, -0.1) is 0 Å². The summed E-state index contributed by atoms with van der Waals surface area (Å²) in [5.41, 5.74) is 1.17. The molecule has 1 N–H and O–H groups in total. The number of methoxy groups -OCH3 is 1. The summed E-state index contributed by atoms with van der Waals surface area (Å²) >= 11 is 5.85. The van der Waals surface area contributed by atoms with Crippen molar-refractivity contribution in [3.05, 3.63) is 45.7 Å². The molecular weight excluding hydrogens is 252 g/mol. The van der Waals surface area contributed by atoms with E-state index < -0.39 is 0 Å². The summed E-state index contributed by atoms with van der Waals surface area (Å²) in [6.45, 7) is 4.00. The molecule has 2 rings (SSSR count). The number of nitrogens with zero attached hydrogens (tertiary/aromatic N) is 1. The van der Waals surface area contributed by atoms with Crippen LogP contribution in [0.1, 0.15) is 13.8 Å². The number of hydrogen-bond acceptors (Lipinski definition) is 3. The molecule has 0 aliphatic heterocycles. The standard InChI is InChI=1S/C11H9ClN2O2.C2H6/c1-16-10-6-7(12)2-3-8(10)9-4-5-11(15)14-13-9;1-2/h2-6H,1H3,(H,14,15);1-2H3. The molecule has 0 atom stereocenters. The molecule has 18 heavy (non-hydrogen) atoms. The van der Waals surface area contributed by atoms with Crippen LogP contribution in [0, 0.1) is 0 Å². The van der Waals surface area contributed by atoms with E-state index in [4.69, 9.17) is 16.3 Å². The van der Waals surface area contributed by atoms with Crippen molar-refractivity contribution in [2.75, 3.05) is 7.11 Å². The number of aromatic amines is 1. The van der Waals surface area contributed by atoms with Crippen LogP contribution in [0.15, 0.2) is 35.1 Å². The maximum absolute atomic E-state index is 10.9. The molecule has 1 aromatic carbocycles. The molecule has 1 aromatic heterocycles. The lowest BCUT2D eigenvalue weighted by atomic mass is 10.1. The Morgan fingerprint density at radius 2 is 1.94 bits per heavy atom. The number of nitrogens with one attached hydrogen (secondary N) is 1. The first kappa shape index (κ1) is 14.3. The molecule has 2 aromatic rings. The van der Waals surface area contributed by atoms with Crippen molar-refractivity contribution < 1.29 is 4.74 Å². The molecule has 0 amide bonds. The minimum atomic E-state index is -0.239. The first-order valence-corrected chi connectivity index (χ1v) is 5.98. The van der Waals surface area contributed by atoms with Crippen LogP contribution in [-0.2, 0) is 0 Å². The summed E-state index contributed by atoms with van der Waals surface area (Å²) in [4.78, 5) is 10.9. The Morgan fingerprint density at radius 3 is 2.50 bits per heavy atom. The summed E-state index contributed by atoms with van der Waals surface area (Å²) in [7, 11) is 1.56. The highest BCUT2D eigenvalue weighted by Gasteiger charge is 2.07. The molecule has 0 saturated heterocycles. The Labute approximate surface area is 111 Å². The fourth-order valence-corrected chi connectivity index (χ4v) is 1.53. The van der Waals surface area contributed by atoms with Crippen molar-refractivity contribution in [1.82, 2.24) is 10.2 Å². The lowest BCUT2D eigenvalue weighted by Crippen LogP contribution is -2.05. The Hall–Kier alpha value is -1.81. The normalized spacial score (nSPS) is 9.33. The Balaban J connectivity index is 0.000000771. The van der Waals surface area contributed by atoms with Gasteiger partial charge in [0.25, 0.3) is 5.56 Å². The van der Waals surface area contributed by atoms with Gasteiger partial charge in [0.1, 0.15) is 5.75 Å². The highest BCUT2D eigenvalue weighted by atomic mass is 35.5. The number of ether oxygens (including phenoxy) is 1. The highest BCUT2D eigenvalue weighted by Crippen LogP contribution is 2.30. The van der Waals surface area contributed by atoms with Crippen molar-refractivity contribution in [1.29, 1.82) is 0 Å². The number of benzene rings is 1. The molecule has 0 aliphatic carbocycles. The minimum Gasteiger partial charge on any atom is -0.496 e. The van der Waals surface area contributed by atoms with Crippen LogP contribution in [0.2, 0.25) is 5.02 Å². The highest BCUT2D eigenvalue weighted by molar-refractivity contribution is 6.30. The lowest BCUT2D eigenvalue weighted by molar-refractivity contribution is 0.416. The smallest absolute Gasteiger partial charge is 0.264 e. The molecule has 5 heteroatoms. The molecule has 0 aliphatic rings. The molecule has 0 radical (unpaired) electrons. The van der Waals surface area contributed by atoms with Crippen LogP contribution < -0.4 is 10.3 Å². The van der Waals surface area contributed by atoms with Gasteiger partial charge in [0.05, 0.1) is 12.8 Å². The number of H-pyrrole nitrogens is 1. The zero-order valence-electron chi connectivity index (χ0n) is 10.5. The third-order valence-electron chi connectivity index (χ3n) is 2.12. The number of hydrogen-bond donors (Lipinski definition) is 1. The third kappa shape index (κ3) is 3.34. The Bertz CT molecular complexity index is 547. The van der Waals surface area contributed by atoms with Crippen molar-refractivity contribution in [2.24, 2.45) is 0 Å². The van der Waals surface area contributed by atoms with Gasteiger partial charge in [0.15, 0.2) is 0 Å². The average molecular weight is 267 g/mol. The first-order chi connectivity index (χ1) is 8.70. The Kier molecular flexibility index (Phi) is 5.39. The van der Waals surface area contributed by atoms with E-state index in [2.05, 4.69) is 10.2 Å². The number of aromatic nitrogens is 2. The Morgan fingerprint density at radius 1 is 1.22 bits per heavy atom. The van der Waals surface area contributed by atoms with Crippen LogP contribution in [0.4, 0.5) is 0 Å². The van der Waals surface area contributed by atoms with Crippen molar-refractivity contribution >= 4 is 11.6 Å². The predicted octanol–water partition coefficient (Wildman–Crippen LogP) is 3.13. The van der Waals surface area contributed by atoms with Gasteiger partial charge in [0, 0.05) is 16.7 Å². The van der Waals surface area contributed by atoms with E-state index in [1.165, 1.54) is 6.07 Å². The fourth-order valence-electron chi connectivity index (χ4n) is 1.37. The van der Waals surface area contributed by atoms with Gasteiger partial charge in [-0.05, 0) is 24.3 Å². The molecule has 0 fully saturated rings. The molecule has 96 valence electrons. The molecule has 0 saturated carbocycles. The molecule has 1 heterocycles. The zero-order valence-corrected chi connectivity index (χ0v) is 11.3. The van der Waals surface area contributed by atoms with Crippen LogP contribution in [0.25, 0.3) is 11.3 Å². The molecule has 0 unspecified atom stereocenters. The maximum Gasteiger partial charge on any atom is 0.264 e. The monoisotopic (exact) mass is 266 g/mol. The van der Waals surface area contributed by atoms with Gasteiger partial charge in [0.2, 0.25) is 0 Å². The van der Waals surface area contributed by atoms with Gasteiger partial charge in [-0.2, -0.15) is 5.10 Å². The molecule has 0 spiro atoms. The van der Waals surface area contributed by atoms with E-state index >= 15 is 0 Å². The van der Waals surface area contributed by atoms with Gasteiger partial charge in [-0.1, -0.05) is 25.4 Å². The lowest BCUT2D eigenvalue weighted by Gasteiger charge is -2.07. The molecular formula is C13H15ClN2O2. The second-order valence-corrected chi connectivity index (χ2v) is 3.59. The quantitative estimate of drug-likeness (QED) is 0.909.